The summed E-state index contributed by atoms with van der Waals surface area (Å²) in [5, 5.41) is 17.2. The molecule has 2 N–H and O–H groups in total. The Kier molecular flexibility index (Phi) is 7.15. The molecule has 1 heterocycles. The second-order valence-electron chi connectivity index (χ2n) is 5.18. The summed E-state index contributed by atoms with van der Waals surface area (Å²) in [4.78, 5) is 22.6. The van der Waals surface area contributed by atoms with E-state index in [0.29, 0.717) is 36.1 Å². The van der Waals surface area contributed by atoms with Crippen molar-refractivity contribution >= 4 is 23.4 Å². The van der Waals surface area contributed by atoms with E-state index in [0.717, 1.165) is 0 Å². The number of carbonyl (C=O) groups excluding carboxylic acids is 2. The van der Waals surface area contributed by atoms with Crippen LogP contribution in [0.15, 0.2) is 24.3 Å². The highest BCUT2D eigenvalue weighted by Gasteiger charge is 2.11. The number of nitrogens with zero attached hydrogens (tertiary/aromatic N) is 4. The van der Waals surface area contributed by atoms with Crippen LogP contribution in [0.3, 0.4) is 0 Å². The number of benzene rings is 1. The molecule has 0 spiro atoms. The lowest BCUT2D eigenvalue weighted by atomic mass is 10.3. The molecule has 0 saturated heterocycles. The van der Waals surface area contributed by atoms with Gasteiger partial charge in [-0.1, -0.05) is 11.6 Å². The van der Waals surface area contributed by atoms with Crippen LogP contribution in [0.5, 0.6) is 5.75 Å². The van der Waals surface area contributed by atoms with Crippen molar-refractivity contribution in [1.82, 2.24) is 30.8 Å². The standard InChI is InChI=1S/C15H19ClN6O3/c1-11(23)17-7-2-8-18-15(24)9-22-14(19-20-21-22)10-25-13-5-3-12(16)4-6-13/h3-6H,2,7-10H2,1H3,(H,17,23)(H,18,24). The molecular weight excluding hydrogens is 348 g/mol. The Labute approximate surface area is 149 Å². The third-order valence-corrected chi connectivity index (χ3v) is 3.38. The van der Waals surface area contributed by atoms with Crippen molar-refractivity contribution < 1.29 is 14.3 Å². The molecule has 9 nitrogen and oxygen atoms in total. The number of hydrogen-bond acceptors (Lipinski definition) is 6. The smallest absolute Gasteiger partial charge is 0.241 e. The molecule has 0 fully saturated rings. The van der Waals surface area contributed by atoms with Gasteiger partial charge in [-0.2, -0.15) is 0 Å². The number of aromatic nitrogens is 4. The number of ether oxygens (including phenoxy) is 1. The second kappa shape index (κ2) is 9.58. The summed E-state index contributed by atoms with van der Waals surface area (Å²) in [7, 11) is 0. The molecule has 10 heteroatoms. The minimum Gasteiger partial charge on any atom is -0.486 e. The van der Waals surface area contributed by atoms with Gasteiger partial charge in [0, 0.05) is 25.0 Å². The first kappa shape index (κ1) is 18.7. The molecule has 2 aromatic rings. The summed E-state index contributed by atoms with van der Waals surface area (Å²) in [5.41, 5.74) is 0. The molecule has 0 aliphatic rings. The summed E-state index contributed by atoms with van der Waals surface area (Å²) in [6.07, 6.45) is 0.646. The van der Waals surface area contributed by atoms with E-state index in [1.807, 2.05) is 0 Å². The van der Waals surface area contributed by atoms with E-state index in [1.165, 1.54) is 11.6 Å². The third kappa shape index (κ3) is 6.76. The van der Waals surface area contributed by atoms with Gasteiger partial charge < -0.3 is 15.4 Å². The topological polar surface area (TPSA) is 111 Å². The average Bonchev–Trinajstić information content (AvgIpc) is 3.01. The number of rotatable bonds is 9. The highest BCUT2D eigenvalue weighted by atomic mass is 35.5. The van der Waals surface area contributed by atoms with E-state index < -0.39 is 0 Å². The highest BCUT2D eigenvalue weighted by molar-refractivity contribution is 6.30. The minimum atomic E-state index is -0.220. The van der Waals surface area contributed by atoms with Crippen LogP contribution in [-0.4, -0.2) is 45.1 Å². The summed E-state index contributed by atoms with van der Waals surface area (Å²) < 4.78 is 6.94. The predicted octanol–water partition coefficient (Wildman–Crippen LogP) is 0.548. The summed E-state index contributed by atoms with van der Waals surface area (Å²) in [6.45, 7) is 2.54. The fourth-order valence-corrected chi connectivity index (χ4v) is 2.03. The molecule has 2 rings (SSSR count). The number of carbonyl (C=O) groups is 2. The van der Waals surface area contributed by atoms with E-state index in [9.17, 15) is 9.59 Å². The third-order valence-electron chi connectivity index (χ3n) is 3.13. The molecule has 134 valence electrons. The van der Waals surface area contributed by atoms with Crippen LogP contribution >= 0.6 is 11.6 Å². The Hall–Kier alpha value is -2.68. The van der Waals surface area contributed by atoms with Crippen LogP contribution in [0.25, 0.3) is 0 Å². The zero-order valence-corrected chi connectivity index (χ0v) is 14.5. The van der Waals surface area contributed by atoms with Crippen LogP contribution in [0.4, 0.5) is 0 Å². The molecule has 0 saturated carbocycles. The van der Waals surface area contributed by atoms with Crippen molar-refractivity contribution in [1.29, 1.82) is 0 Å². The molecule has 1 aromatic heterocycles. The largest absolute Gasteiger partial charge is 0.486 e. The van der Waals surface area contributed by atoms with Gasteiger partial charge in [0.05, 0.1) is 0 Å². The summed E-state index contributed by atoms with van der Waals surface area (Å²) >= 11 is 5.81. The van der Waals surface area contributed by atoms with Crippen LogP contribution in [0.2, 0.25) is 5.02 Å². The Morgan fingerprint density at radius 3 is 2.64 bits per heavy atom. The van der Waals surface area contributed by atoms with Gasteiger partial charge in [0.2, 0.25) is 11.8 Å². The quantitative estimate of drug-likeness (QED) is 0.627. The van der Waals surface area contributed by atoms with E-state index >= 15 is 0 Å². The molecule has 25 heavy (non-hydrogen) atoms. The molecule has 0 aliphatic carbocycles. The maximum absolute atomic E-state index is 11.9. The van der Waals surface area contributed by atoms with Crippen molar-refractivity contribution in [3.63, 3.8) is 0 Å². The first-order chi connectivity index (χ1) is 12.0. The SMILES string of the molecule is CC(=O)NCCCNC(=O)Cn1nnnc1COc1ccc(Cl)cc1. The van der Waals surface area contributed by atoms with Crippen LogP contribution in [0, 0.1) is 0 Å². The predicted molar refractivity (Wildman–Crippen MR) is 89.9 cm³/mol. The Morgan fingerprint density at radius 1 is 1.20 bits per heavy atom. The van der Waals surface area contributed by atoms with E-state index in [-0.39, 0.29) is 25.0 Å². The fourth-order valence-electron chi connectivity index (χ4n) is 1.90. The Morgan fingerprint density at radius 2 is 1.92 bits per heavy atom. The molecule has 0 bridgehead atoms. The van der Waals surface area contributed by atoms with Crippen LogP contribution < -0.4 is 15.4 Å². The van der Waals surface area contributed by atoms with Gasteiger partial charge in [-0.15, -0.1) is 5.10 Å². The molecule has 0 unspecified atom stereocenters. The van der Waals surface area contributed by atoms with E-state index in [4.69, 9.17) is 16.3 Å². The van der Waals surface area contributed by atoms with E-state index in [2.05, 4.69) is 26.2 Å². The fraction of sp³-hybridized carbons (Fsp3) is 0.400. The zero-order chi connectivity index (χ0) is 18.1. The summed E-state index contributed by atoms with van der Waals surface area (Å²) in [5.74, 6) is 0.748. The number of hydrogen-bond donors (Lipinski definition) is 2. The van der Waals surface area contributed by atoms with Crippen molar-refractivity contribution in [3.05, 3.63) is 35.1 Å². The normalized spacial score (nSPS) is 10.3. The lowest BCUT2D eigenvalue weighted by Gasteiger charge is -2.08. The first-order valence-corrected chi connectivity index (χ1v) is 8.07. The highest BCUT2D eigenvalue weighted by Crippen LogP contribution is 2.16. The number of halogens is 1. The van der Waals surface area contributed by atoms with Crippen molar-refractivity contribution in [2.45, 2.75) is 26.5 Å². The molecule has 2 amide bonds. The maximum Gasteiger partial charge on any atom is 0.241 e. The minimum absolute atomic E-state index is 0.00749. The number of amides is 2. The zero-order valence-electron chi connectivity index (χ0n) is 13.7. The van der Waals surface area contributed by atoms with Crippen molar-refractivity contribution in [2.24, 2.45) is 0 Å². The van der Waals surface area contributed by atoms with Crippen molar-refractivity contribution in [3.8, 4) is 5.75 Å². The number of nitrogens with one attached hydrogen (secondary N) is 2. The van der Waals surface area contributed by atoms with Gasteiger partial charge in [0.1, 0.15) is 18.9 Å². The molecule has 0 atom stereocenters. The van der Waals surface area contributed by atoms with Gasteiger partial charge >= 0.3 is 0 Å². The first-order valence-electron chi connectivity index (χ1n) is 7.69. The Bertz CT molecular complexity index is 704. The van der Waals surface area contributed by atoms with Crippen molar-refractivity contribution in [2.75, 3.05) is 13.1 Å². The van der Waals surface area contributed by atoms with Gasteiger partial charge in [0.25, 0.3) is 0 Å². The van der Waals surface area contributed by atoms with E-state index in [1.54, 1.807) is 24.3 Å². The lowest BCUT2D eigenvalue weighted by Crippen LogP contribution is -2.32. The molecule has 0 radical (unpaired) electrons. The summed E-state index contributed by atoms with van der Waals surface area (Å²) in [6, 6.07) is 6.90. The monoisotopic (exact) mass is 366 g/mol. The maximum atomic E-state index is 11.9. The van der Waals surface area contributed by atoms with Crippen LogP contribution in [0.1, 0.15) is 19.2 Å². The molecule has 0 aliphatic heterocycles. The molecule has 1 aromatic carbocycles. The van der Waals surface area contributed by atoms with Gasteiger partial charge in [-0.25, -0.2) is 4.68 Å². The van der Waals surface area contributed by atoms with Gasteiger partial charge in [0.15, 0.2) is 5.82 Å². The number of tetrazole rings is 1. The Balaban J connectivity index is 1.75. The van der Waals surface area contributed by atoms with Crippen LogP contribution in [-0.2, 0) is 22.7 Å². The molecular formula is C15H19ClN6O3. The lowest BCUT2D eigenvalue weighted by molar-refractivity contribution is -0.121. The second-order valence-corrected chi connectivity index (χ2v) is 5.62. The average molecular weight is 367 g/mol. The van der Waals surface area contributed by atoms with Gasteiger partial charge in [-0.05, 0) is 41.1 Å². The van der Waals surface area contributed by atoms with Gasteiger partial charge in [-0.3, -0.25) is 9.59 Å².